The third-order valence-corrected chi connectivity index (χ3v) is 8.26. The van der Waals surface area contributed by atoms with E-state index in [1.165, 1.54) is 83.5 Å². The zero-order valence-corrected chi connectivity index (χ0v) is 29.4. The molecule has 0 aliphatic rings. The molecule has 0 aliphatic heterocycles. The number of nitrogens with zero attached hydrogens (tertiary/aromatic N) is 1. The van der Waals surface area contributed by atoms with E-state index >= 15 is 0 Å². The molecule has 0 saturated carbocycles. The highest BCUT2D eigenvalue weighted by molar-refractivity contribution is 5.72. The molecule has 260 valence electrons. The van der Waals surface area contributed by atoms with Gasteiger partial charge in [-0.2, -0.15) is 0 Å². The van der Waals surface area contributed by atoms with Crippen LogP contribution < -0.4 is 0 Å². The van der Waals surface area contributed by atoms with Gasteiger partial charge in [0.05, 0.1) is 34.4 Å². The molecular formula is C36H70NO7+. The quantitative estimate of drug-likeness (QED) is 0.0452. The molecule has 0 fully saturated rings. The Morgan fingerprint density at radius 1 is 0.591 bits per heavy atom. The highest BCUT2D eigenvalue weighted by Crippen LogP contribution is 2.15. The van der Waals surface area contributed by atoms with E-state index in [0.29, 0.717) is 19.3 Å². The first-order valence-corrected chi connectivity index (χ1v) is 18.1. The number of carbonyl (C=O) groups is 3. The predicted octanol–water partition coefficient (Wildman–Crippen LogP) is 8.63. The fraction of sp³-hybridized carbons (Fsp3) is 0.917. The van der Waals surface area contributed by atoms with Gasteiger partial charge < -0.3 is 23.8 Å². The van der Waals surface area contributed by atoms with Gasteiger partial charge in [-0.3, -0.25) is 9.59 Å². The summed E-state index contributed by atoms with van der Waals surface area (Å²) in [5, 5.41) is 9.52. The van der Waals surface area contributed by atoms with Gasteiger partial charge in [0.2, 0.25) is 0 Å². The molecule has 0 aromatic rings. The van der Waals surface area contributed by atoms with Gasteiger partial charge in [0.25, 0.3) is 0 Å². The Labute approximate surface area is 270 Å². The first-order chi connectivity index (χ1) is 21.1. The van der Waals surface area contributed by atoms with Crippen LogP contribution >= 0.6 is 0 Å². The van der Waals surface area contributed by atoms with Gasteiger partial charge in [0, 0.05) is 19.3 Å². The predicted molar refractivity (Wildman–Crippen MR) is 179 cm³/mol. The normalized spacial score (nSPS) is 13.0. The number of esters is 2. The lowest BCUT2D eigenvalue weighted by Gasteiger charge is -2.31. The van der Waals surface area contributed by atoms with Gasteiger partial charge in [0.1, 0.15) is 6.61 Å². The van der Waals surface area contributed by atoms with Crippen LogP contribution in [-0.2, 0) is 28.6 Å². The van der Waals surface area contributed by atoms with Crippen molar-refractivity contribution < 1.29 is 38.2 Å². The summed E-state index contributed by atoms with van der Waals surface area (Å²) in [4.78, 5) is 36.3. The van der Waals surface area contributed by atoms with Crippen molar-refractivity contribution in [2.24, 2.45) is 0 Å². The van der Waals surface area contributed by atoms with Crippen molar-refractivity contribution >= 4 is 17.9 Å². The average Bonchev–Trinajstić information content (AvgIpc) is 2.96. The van der Waals surface area contributed by atoms with Crippen LogP contribution in [0, 0.1) is 0 Å². The van der Waals surface area contributed by atoms with Crippen molar-refractivity contribution in [2.45, 2.75) is 174 Å². The second-order valence-corrected chi connectivity index (χ2v) is 13.5. The van der Waals surface area contributed by atoms with Crippen LogP contribution in [0.15, 0.2) is 0 Å². The van der Waals surface area contributed by atoms with E-state index in [4.69, 9.17) is 14.2 Å². The first-order valence-electron chi connectivity index (χ1n) is 18.1. The number of aliphatic carboxylic acids is 1. The fourth-order valence-corrected chi connectivity index (χ4v) is 5.38. The maximum Gasteiger partial charge on any atom is 0.362 e. The summed E-state index contributed by atoms with van der Waals surface area (Å²) in [6, 6.07) is -0.605. The molecule has 0 spiro atoms. The van der Waals surface area contributed by atoms with Crippen LogP contribution in [0.1, 0.15) is 162 Å². The third kappa shape index (κ3) is 26.7. The number of rotatable bonds is 32. The molecule has 0 heterocycles. The van der Waals surface area contributed by atoms with E-state index in [2.05, 4.69) is 13.8 Å². The molecule has 0 rings (SSSR count). The zero-order chi connectivity index (χ0) is 32.9. The standard InChI is InChI=1S/C36H69NO7/c1-6-8-10-12-13-14-15-16-17-18-19-20-21-22-23-25-27-35(39)44-32(31-43-34(38)26-24-11-9-7-2)30-42-29-28-33(36(40)41)37(3,4)5/h32-33H,6-31H2,1-5H3/p+1. The van der Waals surface area contributed by atoms with Gasteiger partial charge in [-0.15, -0.1) is 0 Å². The third-order valence-electron chi connectivity index (χ3n) is 8.26. The zero-order valence-electron chi connectivity index (χ0n) is 29.4. The summed E-state index contributed by atoms with van der Waals surface area (Å²) in [6.07, 6.45) is 24.7. The molecule has 0 aromatic carbocycles. The summed E-state index contributed by atoms with van der Waals surface area (Å²) in [7, 11) is 5.51. The molecule has 0 radical (unpaired) electrons. The van der Waals surface area contributed by atoms with E-state index in [9.17, 15) is 19.5 Å². The minimum Gasteiger partial charge on any atom is -0.477 e. The molecule has 0 amide bonds. The molecule has 0 bridgehead atoms. The number of quaternary nitrogens is 1. The minimum absolute atomic E-state index is 0.0466. The fourth-order valence-electron chi connectivity index (χ4n) is 5.38. The number of carboxylic acids is 1. The summed E-state index contributed by atoms with van der Waals surface area (Å²) >= 11 is 0. The van der Waals surface area contributed by atoms with Crippen LogP contribution in [0.5, 0.6) is 0 Å². The molecule has 0 saturated heterocycles. The SMILES string of the molecule is CCCCCCCCCCCCCCCCCCC(=O)OC(COCCC(C(=O)O)[N+](C)(C)C)COC(=O)CCCCCC. The van der Waals surface area contributed by atoms with Crippen molar-refractivity contribution in [3.05, 3.63) is 0 Å². The van der Waals surface area contributed by atoms with Crippen LogP contribution in [0.4, 0.5) is 0 Å². The first kappa shape index (κ1) is 42.3. The molecule has 44 heavy (non-hydrogen) atoms. The number of ether oxygens (including phenoxy) is 3. The molecule has 2 atom stereocenters. The number of carbonyl (C=O) groups excluding carboxylic acids is 2. The highest BCUT2D eigenvalue weighted by atomic mass is 16.6. The van der Waals surface area contributed by atoms with Crippen molar-refractivity contribution in [3.63, 3.8) is 0 Å². The molecule has 8 nitrogen and oxygen atoms in total. The lowest BCUT2D eigenvalue weighted by atomic mass is 10.0. The summed E-state index contributed by atoms with van der Waals surface area (Å²) in [5.74, 6) is -1.48. The Bertz CT molecular complexity index is 707. The molecule has 0 aliphatic carbocycles. The van der Waals surface area contributed by atoms with Crippen LogP contribution in [0.3, 0.4) is 0 Å². The van der Waals surface area contributed by atoms with E-state index in [1.807, 2.05) is 21.1 Å². The van der Waals surface area contributed by atoms with Crippen molar-refractivity contribution in [1.82, 2.24) is 0 Å². The average molecular weight is 629 g/mol. The minimum atomic E-state index is -0.875. The number of likely N-dealkylation sites (N-methyl/N-ethyl adjacent to an activating group) is 1. The number of hydrogen-bond acceptors (Lipinski definition) is 6. The lowest BCUT2D eigenvalue weighted by molar-refractivity contribution is -0.887. The maximum atomic E-state index is 12.6. The number of hydrogen-bond donors (Lipinski definition) is 1. The van der Waals surface area contributed by atoms with Crippen molar-refractivity contribution in [2.75, 3.05) is 41.0 Å². The molecular weight excluding hydrogens is 558 g/mol. The maximum absolute atomic E-state index is 12.6. The van der Waals surface area contributed by atoms with E-state index in [1.54, 1.807) is 0 Å². The summed E-state index contributed by atoms with van der Waals surface area (Å²) in [5.41, 5.74) is 0. The Hall–Kier alpha value is -1.67. The second-order valence-electron chi connectivity index (χ2n) is 13.5. The van der Waals surface area contributed by atoms with E-state index in [-0.39, 0.29) is 36.2 Å². The Morgan fingerprint density at radius 2 is 1.00 bits per heavy atom. The largest absolute Gasteiger partial charge is 0.477 e. The lowest BCUT2D eigenvalue weighted by Crippen LogP contribution is -2.50. The Balaban J connectivity index is 4.22. The molecule has 2 unspecified atom stereocenters. The summed E-state index contributed by atoms with van der Waals surface area (Å²) < 4.78 is 17.0. The highest BCUT2D eigenvalue weighted by Gasteiger charge is 2.31. The smallest absolute Gasteiger partial charge is 0.362 e. The monoisotopic (exact) mass is 629 g/mol. The number of carboxylic acid groups (broad SMARTS) is 1. The second kappa shape index (κ2) is 28.8. The molecule has 0 aromatic heterocycles. The van der Waals surface area contributed by atoms with Gasteiger partial charge >= 0.3 is 17.9 Å². The van der Waals surface area contributed by atoms with Gasteiger partial charge in [-0.05, 0) is 12.8 Å². The topological polar surface area (TPSA) is 99.1 Å². The van der Waals surface area contributed by atoms with Crippen LogP contribution in [0.2, 0.25) is 0 Å². The van der Waals surface area contributed by atoms with Crippen LogP contribution in [0.25, 0.3) is 0 Å². The van der Waals surface area contributed by atoms with E-state index in [0.717, 1.165) is 44.9 Å². The Kier molecular flexibility index (Phi) is 27.7. The van der Waals surface area contributed by atoms with Crippen molar-refractivity contribution in [3.8, 4) is 0 Å². The Morgan fingerprint density at radius 3 is 1.43 bits per heavy atom. The summed E-state index contributed by atoms with van der Waals surface area (Å²) in [6.45, 7) is 4.62. The van der Waals surface area contributed by atoms with Crippen molar-refractivity contribution in [1.29, 1.82) is 0 Å². The van der Waals surface area contributed by atoms with Gasteiger partial charge in [-0.25, -0.2) is 4.79 Å². The van der Waals surface area contributed by atoms with Gasteiger partial charge in [-0.1, -0.05) is 129 Å². The molecule has 1 N–H and O–H groups in total. The van der Waals surface area contributed by atoms with E-state index < -0.39 is 18.1 Å². The van der Waals surface area contributed by atoms with Crippen LogP contribution in [-0.4, -0.2) is 80.6 Å². The number of unbranched alkanes of at least 4 members (excludes halogenated alkanes) is 18. The van der Waals surface area contributed by atoms with Gasteiger partial charge in [0.15, 0.2) is 12.1 Å². The molecule has 8 heteroatoms.